The van der Waals surface area contributed by atoms with Crippen molar-refractivity contribution in [1.82, 2.24) is 9.88 Å². The first-order valence-electron chi connectivity index (χ1n) is 5.24. The normalized spacial score (nSPS) is 16.1. The number of piperazine rings is 1. The lowest BCUT2D eigenvalue weighted by atomic mass is 10.3. The number of rotatable bonds is 2. The average molecular weight is 274 g/mol. The van der Waals surface area contributed by atoms with Gasteiger partial charge in [0, 0.05) is 33.1 Å². The predicted octanol–water partition coefficient (Wildman–Crippen LogP) is 1.28. The average Bonchev–Trinajstić information content (AvgIpc) is 2.70. The van der Waals surface area contributed by atoms with Crippen molar-refractivity contribution >= 4 is 40.3 Å². The van der Waals surface area contributed by atoms with Gasteiger partial charge < -0.3 is 9.80 Å². The Hall–Kier alpha value is -1.14. The fraction of sp³-hybridized carbons (Fsp3) is 0.500. The Balaban J connectivity index is 2.05. The quantitative estimate of drug-likeness (QED) is 0.762. The van der Waals surface area contributed by atoms with Gasteiger partial charge >= 0.3 is 0 Å². The first-order valence-corrected chi connectivity index (χ1v) is 6.43. The highest BCUT2D eigenvalue weighted by molar-refractivity contribution is 7.17. The van der Waals surface area contributed by atoms with E-state index < -0.39 is 0 Å². The molecule has 1 aliphatic rings. The van der Waals surface area contributed by atoms with Crippen LogP contribution >= 0.6 is 22.9 Å². The number of hydrogen-bond acceptors (Lipinski definition) is 5. The van der Waals surface area contributed by atoms with Gasteiger partial charge in [-0.25, -0.2) is 4.98 Å². The monoisotopic (exact) mass is 273 g/mol. The third-order valence-corrected chi connectivity index (χ3v) is 4.14. The van der Waals surface area contributed by atoms with Crippen molar-refractivity contribution < 1.29 is 9.59 Å². The standard InChI is InChI=1S/C10H12ClN3O2S/c1-7(16)13-2-4-14(5-3-13)10-12-9(11)8(6-15)17-10/h6H,2-5H2,1H3. The minimum atomic E-state index is 0.0930. The number of halogens is 1. The number of aromatic nitrogens is 1. The maximum Gasteiger partial charge on any atom is 0.219 e. The summed E-state index contributed by atoms with van der Waals surface area (Å²) in [5.74, 6) is 0.0930. The lowest BCUT2D eigenvalue weighted by molar-refractivity contribution is -0.129. The second kappa shape index (κ2) is 5.01. The van der Waals surface area contributed by atoms with Crippen molar-refractivity contribution in [3.63, 3.8) is 0 Å². The van der Waals surface area contributed by atoms with E-state index in [4.69, 9.17) is 11.6 Å². The first-order chi connectivity index (χ1) is 8.11. The molecule has 0 saturated carbocycles. The molecule has 0 spiro atoms. The second-order valence-corrected chi connectivity index (χ2v) is 5.13. The molecular weight excluding hydrogens is 262 g/mol. The summed E-state index contributed by atoms with van der Waals surface area (Å²) in [6.07, 6.45) is 0.718. The molecule has 1 saturated heterocycles. The molecule has 92 valence electrons. The van der Waals surface area contributed by atoms with Gasteiger partial charge in [-0.05, 0) is 0 Å². The zero-order chi connectivity index (χ0) is 12.4. The van der Waals surface area contributed by atoms with E-state index in [1.54, 1.807) is 11.8 Å². The van der Waals surface area contributed by atoms with Crippen LogP contribution in [0.3, 0.4) is 0 Å². The molecule has 0 radical (unpaired) electrons. The summed E-state index contributed by atoms with van der Waals surface area (Å²) in [6, 6.07) is 0. The summed E-state index contributed by atoms with van der Waals surface area (Å²) in [5, 5.41) is 1.01. The molecule has 0 bridgehead atoms. The Kier molecular flexibility index (Phi) is 3.63. The van der Waals surface area contributed by atoms with E-state index in [0.717, 1.165) is 24.5 Å². The van der Waals surface area contributed by atoms with E-state index in [1.807, 2.05) is 4.90 Å². The number of nitrogens with zero attached hydrogens (tertiary/aromatic N) is 3. The summed E-state index contributed by atoms with van der Waals surface area (Å²) in [4.78, 5) is 30.3. The first kappa shape index (κ1) is 12.3. The lowest BCUT2D eigenvalue weighted by Crippen LogP contribution is -2.48. The Labute approximate surface area is 108 Å². The van der Waals surface area contributed by atoms with Crippen LogP contribution in [-0.2, 0) is 4.79 Å². The van der Waals surface area contributed by atoms with Crippen LogP contribution in [0.1, 0.15) is 16.6 Å². The van der Waals surface area contributed by atoms with Gasteiger partial charge in [0.1, 0.15) is 4.88 Å². The summed E-state index contributed by atoms with van der Waals surface area (Å²) >= 11 is 7.11. The van der Waals surface area contributed by atoms with Gasteiger partial charge in [0.25, 0.3) is 0 Å². The maximum absolute atomic E-state index is 11.2. The lowest BCUT2D eigenvalue weighted by Gasteiger charge is -2.33. The Morgan fingerprint density at radius 3 is 2.53 bits per heavy atom. The Morgan fingerprint density at radius 1 is 1.41 bits per heavy atom. The number of anilines is 1. The molecule has 1 aliphatic heterocycles. The third kappa shape index (κ3) is 2.58. The maximum atomic E-state index is 11.2. The molecular formula is C10H12ClN3O2S. The SMILES string of the molecule is CC(=O)N1CCN(c2nc(Cl)c(C=O)s2)CC1. The highest BCUT2D eigenvalue weighted by Crippen LogP contribution is 2.28. The van der Waals surface area contributed by atoms with Gasteiger partial charge in [0.2, 0.25) is 5.91 Å². The number of hydrogen-bond donors (Lipinski definition) is 0. The van der Waals surface area contributed by atoms with Crippen LogP contribution in [0.5, 0.6) is 0 Å². The summed E-state index contributed by atoms with van der Waals surface area (Å²) in [6.45, 7) is 4.38. The Bertz CT molecular complexity index is 441. The van der Waals surface area contributed by atoms with Crippen LogP contribution in [0.4, 0.5) is 5.13 Å². The van der Waals surface area contributed by atoms with Gasteiger partial charge in [-0.15, -0.1) is 0 Å². The largest absolute Gasteiger partial charge is 0.344 e. The summed E-state index contributed by atoms with van der Waals surface area (Å²) in [5.41, 5.74) is 0. The Morgan fingerprint density at radius 2 is 2.06 bits per heavy atom. The van der Waals surface area contributed by atoms with E-state index in [1.165, 1.54) is 11.3 Å². The molecule has 7 heteroatoms. The molecule has 0 unspecified atom stereocenters. The smallest absolute Gasteiger partial charge is 0.219 e. The van der Waals surface area contributed by atoms with E-state index >= 15 is 0 Å². The third-order valence-electron chi connectivity index (χ3n) is 2.70. The van der Waals surface area contributed by atoms with E-state index in [-0.39, 0.29) is 11.1 Å². The van der Waals surface area contributed by atoms with Crippen LogP contribution in [0.2, 0.25) is 5.15 Å². The fourth-order valence-electron chi connectivity index (χ4n) is 1.72. The van der Waals surface area contributed by atoms with Gasteiger partial charge in [-0.2, -0.15) is 0 Å². The molecule has 17 heavy (non-hydrogen) atoms. The van der Waals surface area contributed by atoms with Crippen molar-refractivity contribution in [1.29, 1.82) is 0 Å². The fourth-order valence-corrected chi connectivity index (χ4v) is 2.84. The highest BCUT2D eigenvalue weighted by Gasteiger charge is 2.21. The van der Waals surface area contributed by atoms with Crippen molar-refractivity contribution in [3.05, 3.63) is 10.0 Å². The molecule has 0 N–H and O–H groups in total. The van der Waals surface area contributed by atoms with Gasteiger partial charge in [-0.3, -0.25) is 9.59 Å². The summed E-state index contributed by atoms with van der Waals surface area (Å²) < 4.78 is 0. The zero-order valence-electron chi connectivity index (χ0n) is 9.35. The second-order valence-electron chi connectivity index (χ2n) is 3.76. The number of carbonyl (C=O) groups is 2. The molecule has 1 amide bonds. The minimum Gasteiger partial charge on any atom is -0.344 e. The van der Waals surface area contributed by atoms with Crippen LogP contribution in [0.25, 0.3) is 0 Å². The molecule has 2 rings (SSSR count). The van der Waals surface area contributed by atoms with Crippen LogP contribution in [0.15, 0.2) is 0 Å². The molecule has 0 aliphatic carbocycles. The van der Waals surface area contributed by atoms with E-state index in [2.05, 4.69) is 4.98 Å². The molecule has 1 aromatic heterocycles. The summed E-state index contributed by atoms with van der Waals surface area (Å²) in [7, 11) is 0. The molecule has 0 aromatic carbocycles. The van der Waals surface area contributed by atoms with Crippen LogP contribution in [0, 0.1) is 0 Å². The predicted molar refractivity (Wildman–Crippen MR) is 67.0 cm³/mol. The molecule has 0 atom stereocenters. The number of thiazole rings is 1. The minimum absolute atomic E-state index is 0.0930. The number of aldehydes is 1. The van der Waals surface area contributed by atoms with Crippen LogP contribution in [-0.4, -0.2) is 48.3 Å². The van der Waals surface area contributed by atoms with Gasteiger partial charge in [0.15, 0.2) is 16.6 Å². The van der Waals surface area contributed by atoms with Gasteiger partial charge in [-0.1, -0.05) is 22.9 Å². The molecule has 1 fully saturated rings. The topological polar surface area (TPSA) is 53.5 Å². The zero-order valence-corrected chi connectivity index (χ0v) is 10.9. The van der Waals surface area contributed by atoms with Crippen molar-refractivity contribution in [2.45, 2.75) is 6.92 Å². The number of amides is 1. The van der Waals surface area contributed by atoms with Gasteiger partial charge in [0.05, 0.1) is 0 Å². The van der Waals surface area contributed by atoms with E-state index in [0.29, 0.717) is 18.0 Å². The number of carbonyl (C=O) groups excluding carboxylic acids is 2. The molecule has 2 heterocycles. The molecule has 1 aromatic rings. The van der Waals surface area contributed by atoms with Crippen LogP contribution < -0.4 is 4.90 Å². The van der Waals surface area contributed by atoms with Crippen molar-refractivity contribution in [3.8, 4) is 0 Å². The molecule has 5 nitrogen and oxygen atoms in total. The highest BCUT2D eigenvalue weighted by atomic mass is 35.5. The van der Waals surface area contributed by atoms with E-state index in [9.17, 15) is 9.59 Å². The van der Waals surface area contributed by atoms with Crippen molar-refractivity contribution in [2.24, 2.45) is 0 Å². The van der Waals surface area contributed by atoms with Crippen molar-refractivity contribution in [2.75, 3.05) is 31.1 Å².